The molecular formula is C14H20N2O2. The van der Waals surface area contributed by atoms with Gasteiger partial charge in [0.25, 0.3) is 0 Å². The third kappa shape index (κ3) is 5.10. The van der Waals surface area contributed by atoms with E-state index < -0.39 is 0 Å². The predicted octanol–water partition coefficient (Wildman–Crippen LogP) is 1.72. The molecule has 0 atom stereocenters. The maximum atomic E-state index is 11.3. The van der Waals surface area contributed by atoms with Crippen LogP contribution in [0, 0.1) is 0 Å². The van der Waals surface area contributed by atoms with E-state index in [4.69, 9.17) is 0 Å². The van der Waals surface area contributed by atoms with Crippen LogP contribution in [0.2, 0.25) is 0 Å². The minimum absolute atomic E-state index is 0.242. The number of carbonyl (C=O) groups is 1. The number of pyridine rings is 1. The van der Waals surface area contributed by atoms with Gasteiger partial charge in [-0.2, -0.15) is 0 Å². The number of aromatic nitrogens is 1. The first kappa shape index (κ1) is 14.4. The molecule has 1 heterocycles. The molecule has 0 saturated carbocycles. The largest absolute Gasteiger partial charge is 0.466 e. The second-order valence-electron chi connectivity index (χ2n) is 3.88. The molecule has 4 heteroatoms. The Hall–Kier alpha value is -1.68. The van der Waals surface area contributed by atoms with Crippen molar-refractivity contribution in [1.29, 1.82) is 0 Å². The zero-order chi connectivity index (χ0) is 13.2. The van der Waals surface area contributed by atoms with Gasteiger partial charge in [-0.05, 0) is 37.1 Å². The van der Waals surface area contributed by atoms with Crippen LogP contribution >= 0.6 is 0 Å². The summed E-state index contributed by atoms with van der Waals surface area (Å²) in [6.45, 7) is 3.50. The SMILES string of the molecule is CC/C(=C/CNCCc1ccncc1)C(=O)OC. The van der Waals surface area contributed by atoms with Gasteiger partial charge in [-0.15, -0.1) is 0 Å². The van der Waals surface area contributed by atoms with E-state index in [1.807, 2.05) is 25.1 Å². The summed E-state index contributed by atoms with van der Waals surface area (Å²) >= 11 is 0. The molecule has 0 spiro atoms. The molecule has 1 rings (SSSR count). The van der Waals surface area contributed by atoms with Crippen molar-refractivity contribution in [3.05, 3.63) is 41.7 Å². The topological polar surface area (TPSA) is 51.2 Å². The van der Waals surface area contributed by atoms with E-state index in [-0.39, 0.29) is 5.97 Å². The second kappa shape index (κ2) is 8.42. The van der Waals surface area contributed by atoms with Gasteiger partial charge in [-0.1, -0.05) is 13.0 Å². The number of hydrogen-bond donors (Lipinski definition) is 1. The maximum Gasteiger partial charge on any atom is 0.333 e. The number of esters is 1. The van der Waals surface area contributed by atoms with Gasteiger partial charge >= 0.3 is 5.97 Å². The summed E-state index contributed by atoms with van der Waals surface area (Å²) in [5.41, 5.74) is 1.97. The fraction of sp³-hybridized carbons (Fsp3) is 0.429. The quantitative estimate of drug-likeness (QED) is 0.453. The van der Waals surface area contributed by atoms with Crippen LogP contribution in [-0.4, -0.2) is 31.2 Å². The smallest absolute Gasteiger partial charge is 0.333 e. The average Bonchev–Trinajstić information content (AvgIpc) is 2.43. The molecule has 0 aliphatic heterocycles. The Balaban J connectivity index is 2.25. The Labute approximate surface area is 108 Å². The second-order valence-corrected chi connectivity index (χ2v) is 3.88. The van der Waals surface area contributed by atoms with Crippen LogP contribution in [0.5, 0.6) is 0 Å². The zero-order valence-electron chi connectivity index (χ0n) is 11.0. The fourth-order valence-electron chi connectivity index (χ4n) is 1.58. The van der Waals surface area contributed by atoms with E-state index in [0.29, 0.717) is 18.5 Å². The summed E-state index contributed by atoms with van der Waals surface area (Å²) in [6.07, 6.45) is 7.12. The highest BCUT2D eigenvalue weighted by Crippen LogP contribution is 2.02. The molecule has 0 fully saturated rings. The Morgan fingerprint density at radius 1 is 1.44 bits per heavy atom. The van der Waals surface area contributed by atoms with Crippen molar-refractivity contribution in [2.45, 2.75) is 19.8 Å². The number of carbonyl (C=O) groups excluding carboxylic acids is 1. The van der Waals surface area contributed by atoms with E-state index in [2.05, 4.69) is 15.0 Å². The molecule has 0 unspecified atom stereocenters. The van der Waals surface area contributed by atoms with Gasteiger partial charge in [-0.25, -0.2) is 4.79 Å². The van der Waals surface area contributed by atoms with Crippen LogP contribution in [-0.2, 0) is 16.0 Å². The van der Waals surface area contributed by atoms with Crippen molar-refractivity contribution in [2.75, 3.05) is 20.2 Å². The molecule has 98 valence electrons. The zero-order valence-corrected chi connectivity index (χ0v) is 11.0. The number of nitrogens with one attached hydrogen (secondary N) is 1. The minimum Gasteiger partial charge on any atom is -0.466 e. The Bertz CT molecular complexity index is 388. The number of ether oxygens (including phenoxy) is 1. The first-order valence-corrected chi connectivity index (χ1v) is 6.15. The summed E-state index contributed by atoms with van der Waals surface area (Å²) in [5, 5.41) is 3.27. The Kier molecular flexibility index (Phi) is 6.72. The molecule has 1 aromatic rings. The van der Waals surface area contributed by atoms with Crippen LogP contribution < -0.4 is 5.32 Å². The summed E-state index contributed by atoms with van der Waals surface area (Å²) < 4.78 is 4.69. The van der Waals surface area contributed by atoms with Crippen molar-refractivity contribution >= 4 is 5.97 Å². The lowest BCUT2D eigenvalue weighted by Gasteiger charge is -2.04. The molecule has 1 N–H and O–H groups in total. The Morgan fingerprint density at radius 3 is 2.78 bits per heavy atom. The molecule has 4 nitrogen and oxygen atoms in total. The van der Waals surface area contributed by atoms with Crippen LogP contribution in [0.4, 0.5) is 0 Å². The first-order valence-electron chi connectivity index (χ1n) is 6.15. The predicted molar refractivity (Wildman–Crippen MR) is 71.2 cm³/mol. The van der Waals surface area contributed by atoms with Gasteiger partial charge in [0.05, 0.1) is 7.11 Å². The van der Waals surface area contributed by atoms with Crippen molar-refractivity contribution < 1.29 is 9.53 Å². The highest BCUT2D eigenvalue weighted by atomic mass is 16.5. The lowest BCUT2D eigenvalue weighted by molar-refractivity contribution is -0.136. The molecule has 0 aliphatic carbocycles. The van der Waals surface area contributed by atoms with Gasteiger partial charge in [0, 0.05) is 24.5 Å². The fourth-order valence-corrected chi connectivity index (χ4v) is 1.58. The van der Waals surface area contributed by atoms with E-state index in [0.717, 1.165) is 13.0 Å². The van der Waals surface area contributed by atoms with Gasteiger partial charge < -0.3 is 10.1 Å². The van der Waals surface area contributed by atoms with Gasteiger partial charge in [0.1, 0.15) is 0 Å². The molecule has 0 saturated heterocycles. The molecule has 0 aromatic carbocycles. The summed E-state index contributed by atoms with van der Waals surface area (Å²) in [7, 11) is 1.41. The monoisotopic (exact) mass is 248 g/mol. The van der Waals surface area contributed by atoms with E-state index >= 15 is 0 Å². The number of rotatable bonds is 7. The third-order valence-electron chi connectivity index (χ3n) is 2.66. The van der Waals surface area contributed by atoms with E-state index in [1.54, 1.807) is 12.4 Å². The highest BCUT2D eigenvalue weighted by molar-refractivity contribution is 5.88. The molecule has 0 bridgehead atoms. The number of methoxy groups -OCH3 is 1. The summed E-state index contributed by atoms with van der Waals surface area (Å²) in [5.74, 6) is -0.242. The van der Waals surface area contributed by atoms with Gasteiger partial charge in [-0.3, -0.25) is 4.98 Å². The molecule has 1 aromatic heterocycles. The van der Waals surface area contributed by atoms with Crippen molar-refractivity contribution in [3.63, 3.8) is 0 Å². The Morgan fingerprint density at radius 2 is 2.17 bits per heavy atom. The van der Waals surface area contributed by atoms with E-state index in [1.165, 1.54) is 12.7 Å². The van der Waals surface area contributed by atoms with E-state index in [9.17, 15) is 4.79 Å². The normalized spacial score (nSPS) is 11.3. The highest BCUT2D eigenvalue weighted by Gasteiger charge is 2.05. The van der Waals surface area contributed by atoms with Gasteiger partial charge in [0.2, 0.25) is 0 Å². The number of nitrogens with zero attached hydrogens (tertiary/aromatic N) is 1. The average molecular weight is 248 g/mol. The summed E-state index contributed by atoms with van der Waals surface area (Å²) in [6, 6.07) is 4.01. The molecule has 0 amide bonds. The van der Waals surface area contributed by atoms with Crippen molar-refractivity contribution in [3.8, 4) is 0 Å². The van der Waals surface area contributed by atoms with Crippen LogP contribution in [0.1, 0.15) is 18.9 Å². The molecule has 0 aliphatic rings. The maximum absolute atomic E-state index is 11.3. The van der Waals surface area contributed by atoms with Crippen molar-refractivity contribution in [2.24, 2.45) is 0 Å². The van der Waals surface area contributed by atoms with Crippen LogP contribution in [0.25, 0.3) is 0 Å². The van der Waals surface area contributed by atoms with Crippen LogP contribution in [0.3, 0.4) is 0 Å². The third-order valence-corrected chi connectivity index (χ3v) is 2.66. The first-order chi connectivity index (χ1) is 8.77. The van der Waals surface area contributed by atoms with Gasteiger partial charge in [0.15, 0.2) is 0 Å². The lowest BCUT2D eigenvalue weighted by Crippen LogP contribution is -2.18. The number of hydrogen-bond acceptors (Lipinski definition) is 4. The summed E-state index contributed by atoms with van der Waals surface area (Å²) in [4.78, 5) is 15.3. The van der Waals surface area contributed by atoms with Crippen molar-refractivity contribution in [1.82, 2.24) is 10.3 Å². The lowest BCUT2D eigenvalue weighted by atomic mass is 10.2. The molecular weight excluding hydrogens is 228 g/mol. The molecule has 0 radical (unpaired) electrons. The molecule has 18 heavy (non-hydrogen) atoms. The minimum atomic E-state index is -0.242. The standard InChI is InChI=1S/C14H20N2O2/c1-3-13(14(17)18-2)7-11-16-10-6-12-4-8-15-9-5-12/h4-5,7-9,16H,3,6,10-11H2,1-2H3/b13-7-. The van der Waals surface area contributed by atoms with Crippen LogP contribution in [0.15, 0.2) is 36.2 Å².